The second-order valence-corrected chi connectivity index (χ2v) is 9.39. The van der Waals surface area contributed by atoms with Crippen LogP contribution < -0.4 is 9.62 Å². The van der Waals surface area contributed by atoms with Crippen molar-refractivity contribution in [2.24, 2.45) is 0 Å². The number of carbonyl (C=O) groups excluding carboxylic acids is 1. The van der Waals surface area contributed by atoms with E-state index in [-0.39, 0.29) is 18.1 Å². The molecule has 0 saturated carbocycles. The zero-order chi connectivity index (χ0) is 22.4. The second kappa shape index (κ2) is 9.94. The number of sulfonamides is 1. The van der Waals surface area contributed by atoms with E-state index in [1.807, 2.05) is 12.1 Å². The highest BCUT2D eigenvalue weighted by molar-refractivity contribution is 7.92. The molecule has 0 heterocycles. The standard InChI is InChI=1S/C23H22ClFN2O3S/c1-31(29,30)27(22-5-3-2-4-21(22)25)16-18-6-10-19(11-7-18)23(28)26-15-14-17-8-12-20(24)13-9-17/h2-13H,14-16H2,1H3,(H,26,28). The number of nitrogens with zero attached hydrogens (tertiary/aromatic N) is 1. The summed E-state index contributed by atoms with van der Waals surface area (Å²) in [5.41, 5.74) is 2.13. The van der Waals surface area contributed by atoms with Gasteiger partial charge in [0.15, 0.2) is 0 Å². The molecule has 1 N–H and O–H groups in total. The van der Waals surface area contributed by atoms with Crippen LogP contribution in [0.2, 0.25) is 5.02 Å². The number of amides is 1. The highest BCUT2D eigenvalue weighted by Gasteiger charge is 2.21. The molecule has 0 aliphatic rings. The number of benzene rings is 3. The molecule has 0 unspecified atom stereocenters. The largest absolute Gasteiger partial charge is 0.352 e. The van der Waals surface area contributed by atoms with Crippen LogP contribution in [-0.4, -0.2) is 27.1 Å². The molecule has 0 fully saturated rings. The Morgan fingerprint density at radius 3 is 2.19 bits per heavy atom. The van der Waals surface area contributed by atoms with Crippen LogP contribution in [0.25, 0.3) is 0 Å². The first-order valence-corrected chi connectivity index (χ1v) is 11.8. The van der Waals surface area contributed by atoms with Crippen LogP contribution >= 0.6 is 11.6 Å². The first kappa shape index (κ1) is 22.8. The summed E-state index contributed by atoms with van der Waals surface area (Å²) in [7, 11) is -3.70. The molecule has 0 aromatic heterocycles. The van der Waals surface area contributed by atoms with Gasteiger partial charge in [-0.25, -0.2) is 12.8 Å². The Kier molecular flexibility index (Phi) is 7.30. The van der Waals surface area contributed by atoms with Gasteiger partial charge in [0.05, 0.1) is 18.5 Å². The predicted octanol–water partition coefficient (Wildman–Crippen LogP) is 4.42. The molecule has 0 spiro atoms. The van der Waals surface area contributed by atoms with Crippen LogP contribution in [0.4, 0.5) is 10.1 Å². The quantitative estimate of drug-likeness (QED) is 0.541. The summed E-state index contributed by atoms with van der Waals surface area (Å²) >= 11 is 5.86. The fraction of sp³-hybridized carbons (Fsp3) is 0.174. The van der Waals surface area contributed by atoms with Gasteiger partial charge in [0.2, 0.25) is 10.0 Å². The van der Waals surface area contributed by atoms with E-state index in [2.05, 4.69) is 5.32 Å². The smallest absolute Gasteiger partial charge is 0.251 e. The van der Waals surface area contributed by atoms with Gasteiger partial charge in [-0.2, -0.15) is 0 Å². The predicted molar refractivity (Wildman–Crippen MR) is 121 cm³/mol. The maximum atomic E-state index is 14.1. The van der Waals surface area contributed by atoms with Crippen molar-refractivity contribution < 1.29 is 17.6 Å². The van der Waals surface area contributed by atoms with E-state index in [1.165, 1.54) is 18.2 Å². The van der Waals surface area contributed by atoms with E-state index in [1.54, 1.807) is 42.5 Å². The van der Waals surface area contributed by atoms with Crippen LogP contribution in [-0.2, 0) is 23.0 Å². The summed E-state index contributed by atoms with van der Waals surface area (Å²) in [5.74, 6) is -0.848. The third-order valence-electron chi connectivity index (χ3n) is 4.68. The Bertz CT molecular complexity index is 1150. The van der Waals surface area contributed by atoms with Crippen molar-refractivity contribution in [1.29, 1.82) is 0 Å². The lowest BCUT2D eigenvalue weighted by molar-refractivity contribution is 0.0954. The van der Waals surface area contributed by atoms with Gasteiger partial charge in [0, 0.05) is 17.1 Å². The van der Waals surface area contributed by atoms with Gasteiger partial charge in [0.1, 0.15) is 5.82 Å². The van der Waals surface area contributed by atoms with E-state index in [9.17, 15) is 17.6 Å². The third kappa shape index (κ3) is 6.29. The van der Waals surface area contributed by atoms with Crippen molar-refractivity contribution in [1.82, 2.24) is 5.32 Å². The molecule has 0 radical (unpaired) electrons. The highest BCUT2D eigenvalue weighted by Crippen LogP contribution is 2.23. The number of nitrogens with one attached hydrogen (secondary N) is 1. The van der Waals surface area contributed by atoms with Crippen LogP contribution in [0.1, 0.15) is 21.5 Å². The average molecular weight is 461 g/mol. The molecule has 0 atom stereocenters. The molecule has 0 bridgehead atoms. The van der Waals surface area contributed by atoms with Gasteiger partial charge < -0.3 is 5.32 Å². The minimum atomic E-state index is -3.70. The number of carbonyl (C=O) groups is 1. The third-order valence-corrected chi connectivity index (χ3v) is 6.05. The number of rotatable bonds is 8. The first-order valence-electron chi connectivity index (χ1n) is 9.58. The van der Waals surface area contributed by atoms with E-state index < -0.39 is 15.8 Å². The maximum absolute atomic E-state index is 14.1. The number of anilines is 1. The number of halogens is 2. The molecule has 3 aromatic rings. The van der Waals surface area contributed by atoms with Crippen LogP contribution in [0.5, 0.6) is 0 Å². The molecular weight excluding hydrogens is 439 g/mol. The summed E-state index contributed by atoms with van der Waals surface area (Å²) in [6.45, 7) is 0.426. The lowest BCUT2D eigenvalue weighted by Crippen LogP contribution is -2.30. The lowest BCUT2D eigenvalue weighted by Gasteiger charge is -2.23. The van der Waals surface area contributed by atoms with Gasteiger partial charge in [-0.3, -0.25) is 9.10 Å². The van der Waals surface area contributed by atoms with E-state index in [4.69, 9.17) is 11.6 Å². The van der Waals surface area contributed by atoms with Crippen molar-refractivity contribution in [3.63, 3.8) is 0 Å². The molecule has 0 aliphatic heterocycles. The van der Waals surface area contributed by atoms with E-state index in [0.717, 1.165) is 16.1 Å². The SMILES string of the molecule is CS(=O)(=O)N(Cc1ccc(C(=O)NCCc2ccc(Cl)cc2)cc1)c1ccccc1F. The summed E-state index contributed by atoms with van der Waals surface area (Å²) in [4.78, 5) is 12.4. The number of para-hydroxylation sites is 1. The molecule has 162 valence electrons. The van der Waals surface area contributed by atoms with Crippen LogP contribution in [0.3, 0.4) is 0 Å². The van der Waals surface area contributed by atoms with Crippen molar-refractivity contribution in [2.75, 3.05) is 17.1 Å². The molecule has 1 amide bonds. The minimum Gasteiger partial charge on any atom is -0.352 e. The fourth-order valence-corrected chi connectivity index (χ4v) is 4.05. The topological polar surface area (TPSA) is 66.5 Å². The lowest BCUT2D eigenvalue weighted by atomic mass is 10.1. The highest BCUT2D eigenvalue weighted by atomic mass is 35.5. The Morgan fingerprint density at radius 2 is 1.58 bits per heavy atom. The number of hydrogen-bond donors (Lipinski definition) is 1. The molecular formula is C23H22ClFN2O3S. The average Bonchev–Trinajstić information content (AvgIpc) is 2.74. The maximum Gasteiger partial charge on any atom is 0.251 e. The van der Waals surface area contributed by atoms with Crippen molar-refractivity contribution in [3.05, 3.63) is 100 Å². The summed E-state index contributed by atoms with van der Waals surface area (Å²) in [6.07, 6.45) is 1.70. The van der Waals surface area contributed by atoms with Gasteiger partial charge in [-0.15, -0.1) is 0 Å². The Morgan fingerprint density at radius 1 is 0.968 bits per heavy atom. The van der Waals surface area contributed by atoms with Crippen molar-refractivity contribution in [3.8, 4) is 0 Å². The zero-order valence-electron chi connectivity index (χ0n) is 16.9. The summed E-state index contributed by atoms with van der Waals surface area (Å²) < 4.78 is 39.6. The van der Waals surface area contributed by atoms with E-state index >= 15 is 0 Å². The van der Waals surface area contributed by atoms with Gasteiger partial charge >= 0.3 is 0 Å². The van der Waals surface area contributed by atoms with Crippen molar-refractivity contribution >= 4 is 33.2 Å². The normalized spacial score (nSPS) is 11.2. The Labute approximate surface area is 186 Å². The molecule has 31 heavy (non-hydrogen) atoms. The molecule has 0 saturated heterocycles. The summed E-state index contributed by atoms with van der Waals surface area (Å²) in [6, 6.07) is 19.7. The van der Waals surface area contributed by atoms with Gasteiger partial charge in [-0.1, -0.05) is 48.0 Å². The van der Waals surface area contributed by atoms with Gasteiger partial charge in [0.25, 0.3) is 5.91 Å². The second-order valence-electron chi connectivity index (χ2n) is 7.05. The molecule has 8 heteroatoms. The van der Waals surface area contributed by atoms with Crippen molar-refractivity contribution in [2.45, 2.75) is 13.0 Å². The molecule has 3 rings (SSSR count). The molecule has 0 aliphatic carbocycles. The molecule has 5 nitrogen and oxygen atoms in total. The van der Waals surface area contributed by atoms with Crippen LogP contribution in [0, 0.1) is 5.82 Å². The summed E-state index contributed by atoms with van der Waals surface area (Å²) in [5, 5.41) is 3.52. The fourth-order valence-electron chi connectivity index (χ4n) is 3.04. The Hall–Kier alpha value is -2.90. The molecule has 3 aromatic carbocycles. The monoisotopic (exact) mass is 460 g/mol. The van der Waals surface area contributed by atoms with Crippen LogP contribution in [0.15, 0.2) is 72.8 Å². The first-order chi connectivity index (χ1) is 14.7. The Balaban J connectivity index is 1.63. The zero-order valence-corrected chi connectivity index (χ0v) is 18.5. The number of hydrogen-bond acceptors (Lipinski definition) is 3. The van der Waals surface area contributed by atoms with E-state index in [0.29, 0.717) is 29.1 Å². The minimum absolute atomic E-state index is 0.0194. The van der Waals surface area contributed by atoms with Gasteiger partial charge in [-0.05, 0) is 53.9 Å².